The summed E-state index contributed by atoms with van der Waals surface area (Å²) in [7, 11) is 0. The van der Waals surface area contributed by atoms with Crippen molar-refractivity contribution in [3.63, 3.8) is 0 Å². The zero-order valence-electron chi connectivity index (χ0n) is 26.5. The number of para-hydroxylation sites is 3. The lowest BCUT2D eigenvalue weighted by molar-refractivity contribution is 0.631. The van der Waals surface area contributed by atoms with Crippen LogP contribution in [-0.4, -0.2) is 11.3 Å². The van der Waals surface area contributed by atoms with Crippen molar-refractivity contribution in [2.24, 2.45) is 0 Å². The van der Waals surface area contributed by atoms with Crippen LogP contribution in [0.1, 0.15) is 25.0 Å². The van der Waals surface area contributed by atoms with Gasteiger partial charge in [0.2, 0.25) is 6.71 Å². The van der Waals surface area contributed by atoms with Crippen molar-refractivity contribution in [2.45, 2.75) is 19.3 Å². The number of aromatic nitrogens is 1. The minimum absolute atomic E-state index is 0.0399. The number of benzene rings is 7. The number of hydrogen-bond acceptors (Lipinski definition) is 0. The highest BCUT2D eigenvalue weighted by Crippen LogP contribution is 2.48. The van der Waals surface area contributed by atoms with Crippen LogP contribution in [0.25, 0.3) is 60.9 Å². The lowest BCUT2D eigenvalue weighted by Crippen LogP contribution is -2.58. The largest absolute Gasteiger partial charge is 0.310 e. The summed E-state index contributed by atoms with van der Waals surface area (Å²) in [5, 5.41) is 2.69. The first-order chi connectivity index (χ1) is 23.1. The minimum atomic E-state index is -0.126. The van der Waals surface area contributed by atoms with Gasteiger partial charge in [-0.1, -0.05) is 165 Å². The summed E-state index contributed by atoms with van der Waals surface area (Å²) in [6.07, 6.45) is 0. The van der Waals surface area contributed by atoms with Crippen LogP contribution in [0.2, 0.25) is 0 Å². The Morgan fingerprint density at radius 2 is 0.957 bits per heavy atom. The fourth-order valence-electron chi connectivity index (χ4n) is 8.75. The van der Waals surface area contributed by atoms with Crippen LogP contribution >= 0.6 is 0 Å². The number of nitrogens with zero attached hydrogens (tertiary/aromatic N) is 1. The summed E-state index contributed by atoms with van der Waals surface area (Å²) in [6, 6.07) is 58.7. The van der Waals surface area contributed by atoms with Crippen molar-refractivity contribution >= 4 is 44.9 Å². The molecule has 0 N–H and O–H groups in total. The van der Waals surface area contributed by atoms with E-state index in [9.17, 15) is 0 Å². The van der Waals surface area contributed by atoms with Gasteiger partial charge >= 0.3 is 0 Å². The molecule has 1 aromatic heterocycles. The van der Waals surface area contributed by atoms with Crippen LogP contribution < -0.4 is 16.4 Å². The van der Waals surface area contributed by atoms with Crippen LogP contribution in [0.5, 0.6) is 0 Å². The molecular weight excluding hydrogens is 565 g/mol. The van der Waals surface area contributed by atoms with Gasteiger partial charge in [-0.2, -0.15) is 0 Å². The summed E-state index contributed by atoms with van der Waals surface area (Å²) < 4.78 is 2.62. The zero-order valence-corrected chi connectivity index (χ0v) is 26.5. The molecule has 0 spiro atoms. The van der Waals surface area contributed by atoms with Crippen molar-refractivity contribution in [2.75, 3.05) is 0 Å². The first-order valence-corrected chi connectivity index (χ1v) is 16.7. The van der Waals surface area contributed by atoms with Gasteiger partial charge in [-0.25, -0.2) is 0 Å². The van der Waals surface area contributed by atoms with E-state index >= 15 is 0 Å². The molecule has 0 unspecified atom stereocenters. The monoisotopic (exact) mass is 597 g/mol. The fraction of sp³-hybridized carbons (Fsp3) is 0.0667. The molecule has 2 heteroatoms. The molecule has 0 saturated carbocycles. The Morgan fingerprint density at radius 3 is 1.60 bits per heavy atom. The Bertz CT molecular complexity index is 2460. The summed E-state index contributed by atoms with van der Waals surface area (Å²) in [4.78, 5) is 0. The van der Waals surface area contributed by atoms with Crippen molar-refractivity contribution in [1.29, 1.82) is 0 Å². The van der Waals surface area contributed by atoms with Gasteiger partial charge in [-0.15, -0.1) is 0 Å². The van der Waals surface area contributed by atoms with Crippen LogP contribution in [0, 0.1) is 0 Å². The Hall–Kier alpha value is -5.60. The standard InChI is InChI=1S/C45H32BN/c1-45(2)37-23-12-21-33-34-22-13-25-39-43(34)47(42(33)37)44-38(45)24-14-26-40(44)46(39)41-35(30-17-8-4-9-18-30)27-32(29-15-6-3-7-16-29)28-36(41)31-19-10-5-11-20-31/h3-28H,1-2H3. The molecule has 220 valence electrons. The third kappa shape index (κ3) is 3.61. The fourth-order valence-corrected chi connectivity index (χ4v) is 8.75. The van der Waals surface area contributed by atoms with Gasteiger partial charge < -0.3 is 4.57 Å². The second kappa shape index (κ2) is 9.70. The molecule has 1 nitrogen and oxygen atoms in total. The lowest BCUT2D eigenvalue weighted by Gasteiger charge is -2.39. The third-order valence-electron chi connectivity index (χ3n) is 10.8. The minimum Gasteiger partial charge on any atom is -0.310 e. The second-order valence-corrected chi connectivity index (χ2v) is 13.7. The molecule has 10 rings (SSSR count). The van der Waals surface area contributed by atoms with Gasteiger partial charge in [0.1, 0.15) is 0 Å². The zero-order chi connectivity index (χ0) is 31.3. The predicted octanol–water partition coefficient (Wildman–Crippen LogP) is 9.25. The molecule has 0 radical (unpaired) electrons. The number of rotatable bonds is 4. The van der Waals surface area contributed by atoms with Gasteiger partial charge in [0, 0.05) is 27.4 Å². The Kier molecular flexibility index (Phi) is 5.49. The molecule has 3 heterocycles. The maximum Gasteiger partial charge on any atom is 0.248 e. The Labute approximate surface area is 275 Å². The first-order valence-electron chi connectivity index (χ1n) is 16.7. The maximum absolute atomic E-state index is 2.62. The van der Waals surface area contributed by atoms with Gasteiger partial charge in [0.25, 0.3) is 0 Å². The molecule has 0 aliphatic carbocycles. The molecule has 8 aromatic rings. The van der Waals surface area contributed by atoms with Gasteiger partial charge in [0.15, 0.2) is 0 Å². The smallest absolute Gasteiger partial charge is 0.248 e. The Morgan fingerprint density at radius 1 is 0.447 bits per heavy atom. The van der Waals surface area contributed by atoms with Crippen molar-refractivity contribution in [3.05, 3.63) is 169 Å². The lowest BCUT2D eigenvalue weighted by atomic mass is 9.33. The number of fused-ring (bicyclic) bond motifs is 1. The summed E-state index contributed by atoms with van der Waals surface area (Å²) in [5.74, 6) is 0. The second-order valence-electron chi connectivity index (χ2n) is 13.7. The molecule has 0 atom stereocenters. The molecule has 0 bridgehead atoms. The van der Waals surface area contributed by atoms with Crippen LogP contribution in [0.4, 0.5) is 0 Å². The summed E-state index contributed by atoms with van der Waals surface area (Å²) in [6.45, 7) is 4.85. The van der Waals surface area contributed by atoms with E-state index in [1.165, 1.54) is 88.4 Å². The molecule has 2 aliphatic rings. The van der Waals surface area contributed by atoms with E-state index in [1.54, 1.807) is 0 Å². The highest BCUT2D eigenvalue weighted by molar-refractivity contribution is 6.99. The van der Waals surface area contributed by atoms with E-state index in [-0.39, 0.29) is 12.1 Å². The Balaban J connectivity index is 1.40. The maximum atomic E-state index is 2.62. The SMILES string of the molecule is CC1(C)c2cccc3c2-n2c4c(cccc4c4cccc1c42)B3c1c(-c2ccccc2)cc(-c2ccccc2)cc1-c1ccccc1. The van der Waals surface area contributed by atoms with E-state index in [0.29, 0.717) is 0 Å². The highest BCUT2D eigenvalue weighted by atomic mass is 15.0. The normalized spacial score (nSPS) is 13.9. The molecule has 47 heavy (non-hydrogen) atoms. The number of hydrogen-bond donors (Lipinski definition) is 0. The summed E-state index contributed by atoms with van der Waals surface area (Å²) >= 11 is 0. The van der Waals surface area contributed by atoms with Crippen molar-refractivity contribution < 1.29 is 0 Å². The summed E-state index contributed by atoms with van der Waals surface area (Å²) in [5.41, 5.74) is 18.4. The average molecular weight is 598 g/mol. The van der Waals surface area contributed by atoms with Crippen molar-refractivity contribution in [1.82, 2.24) is 4.57 Å². The third-order valence-corrected chi connectivity index (χ3v) is 10.8. The molecule has 0 amide bonds. The molecule has 7 aromatic carbocycles. The van der Waals surface area contributed by atoms with E-state index < -0.39 is 0 Å². The van der Waals surface area contributed by atoms with E-state index in [2.05, 4.69) is 176 Å². The van der Waals surface area contributed by atoms with E-state index in [1.807, 2.05) is 0 Å². The van der Waals surface area contributed by atoms with E-state index in [0.717, 1.165) is 0 Å². The predicted molar refractivity (Wildman–Crippen MR) is 200 cm³/mol. The first kappa shape index (κ1) is 26.6. The van der Waals surface area contributed by atoms with Crippen molar-refractivity contribution in [3.8, 4) is 39.1 Å². The van der Waals surface area contributed by atoms with Crippen LogP contribution in [-0.2, 0) is 5.41 Å². The average Bonchev–Trinajstić information content (AvgIpc) is 3.47. The molecular formula is C45H32BN. The molecule has 0 saturated heterocycles. The molecule has 0 fully saturated rings. The molecule has 2 aliphatic heterocycles. The van der Waals surface area contributed by atoms with E-state index in [4.69, 9.17) is 0 Å². The van der Waals surface area contributed by atoms with Gasteiger partial charge in [-0.3, -0.25) is 0 Å². The highest BCUT2D eigenvalue weighted by Gasteiger charge is 2.43. The quantitative estimate of drug-likeness (QED) is 0.178. The van der Waals surface area contributed by atoms with Crippen LogP contribution in [0.3, 0.4) is 0 Å². The van der Waals surface area contributed by atoms with Gasteiger partial charge in [-0.05, 0) is 67.6 Å². The van der Waals surface area contributed by atoms with Gasteiger partial charge in [0.05, 0.1) is 5.52 Å². The van der Waals surface area contributed by atoms with Crippen LogP contribution in [0.15, 0.2) is 158 Å². The topological polar surface area (TPSA) is 4.93 Å².